The molecule has 0 unspecified atom stereocenters. The Morgan fingerprint density at radius 3 is 2.48 bits per heavy atom. The minimum atomic E-state index is -0.570. The highest BCUT2D eigenvalue weighted by atomic mass is 19.1. The molecule has 2 aromatic rings. The summed E-state index contributed by atoms with van der Waals surface area (Å²) in [5.41, 5.74) is 1.30. The van der Waals surface area contributed by atoms with Crippen molar-refractivity contribution in [2.75, 3.05) is 11.9 Å². The first-order chi connectivity index (χ1) is 11.1. The molecule has 0 saturated heterocycles. The number of anilines is 1. The largest absolute Gasteiger partial charge is 0.463 e. The monoisotopic (exact) mass is 313 g/mol. The standard InChI is InChI=1S/C18H16FNO3/c1-2-23-17(21)12-9-13-7-10-14(11-8-13)20-18(22)15-5-3-4-6-16(15)19/h3-12H,2H2,1H3,(H,20,22)/b12-9+. The highest BCUT2D eigenvalue weighted by molar-refractivity contribution is 6.04. The molecule has 2 aromatic carbocycles. The lowest BCUT2D eigenvalue weighted by Gasteiger charge is -2.06. The highest BCUT2D eigenvalue weighted by Crippen LogP contribution is 2.14. The quantitative estimate of drug-likeness (QED) is 0.677. The minimum absolute atomic E-state index is 0.0150. The second kappa shape index (κ2) is 7.89. The smallest absolute Gasteiger partial charge is 0.330 e. The molecule has 0 radical (unpaired) electrons. The van der Waals surface area contributed by atoms with Crippen molar-refractivity contribution in [1.82, 2.24) is 0 Å². The zero-order chi connectivity index (χ0) is 16.7. The highest BCUT2D eigenvalue weighted by Gasteiger charge is 2.10. The number of ether oxygens (including phenoxy) is 1. The van der Waals surface area contributed by atoms with E-state index in [0.717, 1.165) is 5.56 Å². The molecule has 0 atom stereocenters. The van der Waals surface area contributed by atoms with Crippen LogP contribution in [0.3, 0.4) is 0 Å². The van der Waals surface area contributed by atoms with Crippen LogP contribution in [0.4, 0.5) is 10.1 Å². The van der Waals surface area contributed by atoms with Crippen LogP contribution in [0.25, 0.3) is 6.08 Å². The number of hydrogen-bond donors (Lipinski definition) is 1. The molecule has 23 heavy (non-hydrogen) atoms. The normalized spacial score (nSPS) is 10.5. The number of halogens is 1. The molecule has 0 aromatic heterocycles. The minimum Gasteiger partial charge on any atom is -0.463 e. The Labute approximate surface area is 133 Å². The number of nitrogens with one attached hydrogen (secondary N) is 1. The van der Waals surface area contributed by atoms with E-state index in [0.29, 0.717) is 12.3 Å². The van der Waals surface area contributed by atoms with Crippen LogP contribution in [-0.2, 0) is 9.53 Å². The van der Waals surface area contributed by atoms with Gasteiger partial charge in [-0.25, -0.2) is 9.18 Å². The van der Waals surface area contributed by atoms with Gasteiger partial charge in [-0.1, -0.05) is 24.3 Å². The lowest BCUT2D eigenvalue weighted by atomic mass is 10.1. The Morgan fingerprint density at radius 2 is 1.83 bits per heavy atom. The lowest BCUT2D eigenvalue weighted by Crippen LogP contribution is -2.13. The van der Waals surface area contributed by atoms with Gasteiger partial charge in [0, 0.05) is 11.8 Å². The summed E-state index contributed by atoms with van der Waals surface area (Å²) in [4.78, 5) is 23.2. The van der Waals surface area contributed by atoms with E-state index in [2.05, 4.69) is 5.32 Å². The maximum atomic E-state index is 13.5. The van der Waals surface area contributed by atoms with Crippen molar-refractivity contribution >= 4 is 23.6 Å². The van der Waals surface area contributed by atoms with Crippen LogP contribution in [0, 0.1) is 5.82 Å². The molecule has 0 saturated carbocycles. The number of rotatable bonds is 5. The first-order valence-corrected chi connectivity index (χ1v) is 7.11. The van der Waals surface area contributed by atoms with Gasteiger partial charge in [0.1, 0.15) is 5.82 Å². The molecule has 0 aliphatic carbocycles. The first-order valence-electron chi connectivity index (χ1n) is 7.11. The van der Waals surface area contributed by atoms with Gasteiger partial charge in [0.25, 0.3) is 5.91 Å². The van der Waals surface area contributed by atoms with Crippen molar-refractivity contribution in [3.63, 3.8) is 0 Å². The molecule has 0 fully saturated rings. The van der Waals surface area contributed by atoms with E-state index in [9.17, 15) is 14.0 Å². The number of esters is 1. The summed E-state index contributed by atoms with van der Waals surface area (Å²) in [5.74, 6) is -1.50. The van der Waals surface area contributed by atoms with Gasteiger partial charge in [0.05, 0.1) is 12.2 Å². The molecule has 0 aliphatic heterocycles. The maximum absolute atomic E-state index is 13.5. The first kappa shape index (κ1) is 16.4. The zero-order valence-electron chi connectivity index (χ0n) is 12.6. The second-order valence-corrected chi connectivity index (χ2v) is 4.64. The molecule has 0 heterocycles. The molecule has 4 nitrogen and oxygen atoms in total. The summed E-state index contributed by atoms with van der Waals surface area (Å²) in [7, 11) is 0. The van der Waals surface area contributed by atoms with Crippen LogP contribution in [0.5, 0.6) is 0 Å². The van der Waals surface area contributed by atoms with Crippen LogP contribution >= 0.6 is 0 Å². The van der Waals surface area contributed by atoms with Crippen LogP contribution in [-0.4, -0.2) is 18.5 Å². The van der Waals surface area contributed by atoms with Crippen molar-refractivity contribution in [2.24, 2.45) is 0 Å². The van der Waals surface area contributed by atoms with E-state index in [1.54, 1.807) is 43.3 Å². The molecule has 118 valence electrons. The number of carbonyl (C=O) groups excluding carboxylic acids is 2. The third kappa shape index (κ3) is 4.78. The van der Waals surface area contributed by atoms with E-state index in [-0.39, 0.29) is 5.56 Å². The van der Waals surface area contributed by atoms with Crippen LogP contribution in [0.1, 0.15) is 22.8 Å². The van der Waals surface area contributed by atoms with Gasteiger partial charge < -0.3 is 10.1 Å². The fraction of sp³-hybridized carbons (Fsp3) is 0.111. The Balaban J connectivity index is 2.01. The third-order valence-corrected chi connectivity index (χ3v) is 2.99. The summed E-state index contributed by atoms with van der Waals surface area (Å²) >= 11 is 0. The van der Waals surface area contributed by atoms with Crippen molar-refractivity contribution in [3.05, 3.63) is 71.6 Å². The van der Waals surface area contributed by atoms with E-state index in [1.807, 2.05) is 0 Å². The van der Waals surface area contributed by atoms with Crippen molar-refractivity contribution < 1.29 is 18.7 Å². The summed E-state index contributed by atoms with van der Waals surface area (Å²) < 4.78 is 18.3. The SMILES string of the molecule is CCOC(=O)/C=C/c1ccc(NC(=O)c2ccccc2F)cc1. The molecule has 2 rings (SSSR count). The van der Waals surface area contributed by atoms with Gasteiger partial charge in [0.2, 0.25) is 0 Å². The van der Waals surface area contributed by atoms with Crippen molar-refractivity contribution in [3.8, 4) is 0 Å². The van der Waals surface area contributed by atoms with Crippen molar-refractivity contribution in [2.45, 2.75) is 6.92 Å². The van der Waals surface area contributed by atoms with E-state index < -0.39 is 17.7 Å². The zero-order valence-corrected chi connectivity index (χ0v) is 12.6. The number of carbonyl (C=O) groups is 2. The van der Waals surface area contributed by atoms with E-state index in [1.165, 1.54) is 24.3 Å². The molecule has 0 aliphatic rings. The average molecular weight is 313 g/mol. The number of benzene rings is 2. The summed E-state index contributed by atoms with van der Waals surface area (Å²) in [6.45, 7) is 2.06. The molecule has 0 spiro atoms. The third-order valence-electron chi connectivity index (χ3n) is 2.99. The Bertz CT molecular complexity index is 723. The predicted molar refractivity (Wildman–Crippen MR) is 86.5 cm³/mol. The van der Waals surface area contributed by atoms with Gasteiger partial charge in [0.15, 0.2) is 0 Å². The molecule has 1 N–H and O–H groups in total. The predicted octanol–water partition coefficient (Wildman–Crippen LogP) is 3.65. The second-order valence-electron chi connectivity index (χ2n) is 4.64. The van der Waals surface area contributed by atoms with Crippen LogP contribution in [0.15, 0.2) is 54.6 Å². The van der Waals surface area contributed by atoms with Crippen LogP contribution < -0.4 is 5.32 Å². The van der Waals surface area contributed by atoms with E-state index >= 15 is 0 Å². The van der Waals surface area contributed by atoms with E-state index in [4.69, 9.17) is 4.74 Å². The average Bonchev–Trinajstić information content (AvgIpc) is 2.55. The number of amides is 1. The fourth-order valence-electron chi connectivity index (χ4n) is 1.88. The summed E-state index contributed by atoms with van der Waals surface area (Å²) in [6.07, 6.45) is 2.94. The van der Waals surface area contributed by atoms with Gasteiger partial charge >= 0.3 is 5.97 Å². The Hall–Kier alpha value is -2.95. The maximum Gasteiger partial charge on any atom is 0.330 e. The molecule has 5 heteroatoms. The molecule has 0 bridgehead atoms. The molecular formula is C18H16FNO3. The topological polar surface area (TPSA) is 55.4 Å². The van der Waals surface area contributed by atoms with Gasteiger partial charge in [-0.05, 0) is 42.8 Å². The molecule has 1 amide bonds. The van der Waals surface area contributed by atoms with Crippen molar-refractivity contribution in [1.29, 1.82) is 0 Å². The van der Waals surface area contributed by atoms with Gasteiger partial charge in [-0.15, -0.1) is 0 Å². The summed E-state index contributed by atoms with van der Waals surface area (Å²) in [5, 5.41) is 2.62. The fourth-order valence-corrected chi connectivity index (χ4v) is 1.88. The van der Waals surface area contributed by atoms with Gasteiger partial charge in [-0.2, -0.15) is 0 Å². The molecular weight excluding hydrogens is 297 g/mol. The van der Waals surface area contributed by atoms with Crippen LogP contribution in [0.2, 0.25) is 0 Å². The Kier molecular flexibility index (Phi) is 5.63. The number of hydrogen-bond acceptors (Lipinski definition) is 3. The Morgan fingerprint density at radius 1 is 1.13 bits per heavy atom. The summed E-state index contributed by atoms with van der Waals surface area (Å²) in [6, 6.07) is 12.6. The van der Waals surface area contributed by atoms with Gasteiger partial charge in [-0.3, -0.25) is 4.79 Å². The lowest BCUT2D eigenvalue weighted by molar-refractivity contribution is -0.137.